The number of likely N-dealkylation sites (tertiary alicyclic amines) is 1. The van der Waals surface area contributed by atoms with Gasteiger partial charge in [-0.3, -0.25) is 0 Å². The maximum atomic E-state index is 12.9. The van der Waals surface area contributed by atoms with Crippen LogP contribution in [0.5, 0.6) is 5.75 Å². The first-order chi connectivity index (χ1) is 24.6. The molecule has 4 rings (SSSR count). The fourth-order valence-electron chi connectivity index (χ4n) is 5.57. The number of anilines is 1. The molecular weight excluding hydrogens is 739 g/mol. The number of carbonyl (C=O) groups excluding carboxylic acids is 2. The van der Waals surface area contributed by atoms with Crippen LogP contribution in [-0.4, -0.2) is 104 Å². The van der Waals surface area contributed by atoms with Crippen molar-refractivity contribution in [3.05, 3.63) is 39.7 Å². The molecule has 1 fully saturated rings. The Bertz CT molecular complexity index is 1750. The fraction of sp³-hybridized carbons (Fsp3) is 0.595. The Morgan fingerprint density at radius 2 is 1.75 bits per heavy atom. The molecule has 1 atom stereocenters. The molecule has 1 aliphatic rings. The number of benzene rings is 1. The average Bonchev–Trinajstić information content (AvgIpc) is 3.40. The van der Waals surface area contributed by atoms with E-state index in [4.69, 9.17) is 56.3 Å². The lowest BCUT2D eigenvalue weighted by Crippen LogP contribution is -2.49. The van der Waals surface area contributed by atoms with Crippen molar-refractivity contribution in [1.82, 2.24) is 24.9 Å². The normalized spacial score (nSPS) is 14.9. The van der Waals surface area contributed by atoms with E-state index in [1.54, 1.807) is 37.1 Å². The first-order valence-electron chi connectivity index (χ1n) is 17.7. The number of aryl methyl sites for hydroxylation is 2. The second kappa shape index (κ2) is 16.8. The van der Waals surface area contributed by atoms with Crippen LogP contribution in [0.1, 0.15) is 65.8 Å². The van der Waals surface area contributed by atoms with Gasteiger partial charge in [-0.1, -0.05) is 49.1 Å². The highest BCUT2D eigenvalue weighted by Gasteiger charge is 2.40. The molecule has 0 aliphatic carbocycles. The number of piperidine rings is 1. The third-order valence-corrected chi connectivity index (χ3v) is 14.7. The van der Waals surface area contributed by atoms with Crippen molar-refractivity contribution >= 4 is 49.5 Å². The number of nitrogens with zero attached hydrogens (tertiary/aromatic N) is 5. The summed E-state index contributed by atoms with van der Waals surface area (Å²) >= 11 is 13.8. The number of nitrogens with one attached hydrogen (secondary N) is 1. The summed E-state index contributed by atoms with van der Waals surface area (Å²) in [5, 5.41) is 8.25. The van der Waals surface area contributed by atoms with Crippen LogP contribution < -0.4 is 10.1 Å². The van der Waals surface area contributed by atoms with Gasteiger partial charge in [-0.15, -0.1) is 0 Å². The van der Waals surface area contributed by atoms with Crippen LogP contribution in [0, 0.1) is 13.8 Å². The second-order valence-electron chi connectivity index (χ2n) is 15.9. The molecule has 53 heavy (non-hydrogen) atoms. The van der Waals surface area contributed by atoms with E-state index in [1.807, 2.05) is 27.7 Å². The molecule has 1 aromatic carbocycles. The van der Waals surface area contributed by atoms with Gasteiger partial charge in [-0.25, -0.2) is 19.6 Å². The number of halogens is 2. The number of methoxy groups -OCH3 is 1. The Kier molecular flexibility index (Phi) is 13.4. The molecule has 0 radical (unpaired) electrons. The van der Waals surface area contributed by atoms with Gasteiger partial charge in [0.1, 0.15) is 40.3 Å². The van der Waals surface area contributed by atoms with Crippen molar-refractivity contribution < 1.29 is 32.7 Å². The number of hydrogen-bond acceptors (Lipinski definition) is 11. The zero-order chi connectivity index (χ0) is 39.5. The first-order valence-corrected chi connectivity index (χ1v) is 21.4. The zero-order valence-corrected chi connectivity index (χ0v) is 35.5. The standard InChI is InChI=1S/C37H54Cl2N6O7Si/c1-22-29(23(2)51-43-22)31-30(39)33(40-24-15-17-45(18-16-24)35(47)48-10)42-32(41-31)27-19-25(13-14-28(27)38)49-21-26(52-53(11,12)37(6,7)8)20-44(9)34(46)50-36(3,4)5/h13-14,19,24,26H,15-18,20-21H2,1-12H3,(H,40,41,42). The topological polar surface area (TPSA) is 141 Å². The fourth-order valence-corrected chi connectivity index (χ4v) is 7.34. The number of amides is 2. The van der Waals surface area contributed by atoms with E-state index in [0.717, 1.165) is 0 Å². The SMILES string of the molecule is COC(=O)N1CCC(Nc2nc(-c3cc(OCC(CN(C)C(=O)OC(C)(C)C)O[Si](C)(C)C(C)(C)C)ccc3Cl)nc(-c3c(C)noc3C)c2Cl)CC1. The minimum atomic E-state index is -2.27. The summed E-state index contributed by atoms with van der Waals surface area (Å²) in [6.07, 6.45) is 0.0820. The van der Waals surface area contributed by atoms with Crippen LogP contribution >= 0.6 is 23.2 Å². The molecule has 2 amide bonds. The van der Waals surface area contributed by atoms with Crippen LogP contribution in [0.25, 0.3) is 22.6 Å². The van der Waals surface area contributed by atoms with Gasteiger partial charge in [0.25, 0.3) is 0 Å². The third kappa shape index (κ3) is 10.8. The second-order valence-corrected chi connectivity index (χ2v) is 21.5. The van der Waals surface area contributed by atoms with Crippen molar-refractivity contribution in [1.29, 1.82) is 0 Å². The van der Waals surface area contributed by atoms with Crippen LogP contribution in [0.2, 0.25) is 28.2 Å². The van der Waals surface area contributed by atoms with E-state index in [9.17, 15) is 9.59 Å². The molecule has 3 heterocycles. The lowest BCUT2D eigenvalue weighted by molar-refractivity contribution is 0.0172. The largest absolute Gasteiger partial charge is 0.491 e. The van der Waals surface area contributed by atoms with Gasteiger partial charge >= 0.3 is 12.2 Å². The number of ether oxygens (including phenoxy) is 3. The average molecular weight is 794 g/mol. The Morgan fingerprint density at radius 1 is 1.09 bits per heavy atom. The molecule has 0 spiro atoms. The van der Waals surface area contributed by atoms with E-state index in [0.29, 0.717) is 81.6 Å². The molecule has 292 valence electrons. The summed E-state index contributed by atoms with van der Waals surface area (Å²) in [4.78, 5) is 37.9. The molecule has 1 unspecified atom stereocenters. The van der Waals surface area contributed by atoms with Gasteiger partial charge in [-0.2, -0.15) is 0 Å². The van der Waals surface area contributed by atoms with Gasteiger partial charge in [0.05, 0.1) is 36.0 Å². The Labute approximate surface area is 324 Å². The quantitative estimate of drug-likeness (QED) is 0.186. The highest BCUT2D eigenvalue weighted by molar-refractivity contribution is 6.74. The van der Waals surface area contributed by atoms with Crippen molar-refractivity contribution in [2.75, 3.05) is 45.7 Å². The summed E-state index contributed by atoms with van der Waals surface area (Å²) in [5.74, 6) is 1.79. The smallest absolute Gasteiger partial charge is 0.410 e. The van der Waals surface area contributed by atoms with Crippen LogP contribution in [0.15, 0.2) is 22.7 Å². The molecule has 1 aliphatic heterocycles. The van der Waals surface area contributed by atoms with Crippen LogP contribution in [-0.2, 0) is 13.9 Å². The molecule has 0 saturated carbocycles. The number of carbonyl (C=O) groups is 2. The van der Waals surface area contributed by atoms with Crippen molar-refractivity contribution in [3.8, 4) is 28.4 Å². The van der Waals surface area contributed by atoms with Gasteiger partial charge in [0, 0.05) is 31.7 Å². The van der Waals surface area contributed by atoms with E-state index in [-0.39, 0.29) is 30.3 Å². The molecular formula is C37H54Cl2N6O7Si. The molecule has 3 aromatic rings. The summed E-state index contributed by atoms with van der Waals surface area (Å²) < 4.78 is 29.1. The van der Waals surface area contributed by atoms with E-state index in [2.05, 4.69) is 44.3 Å². The predicted octanol–water partition coefficient (Wildman–Crippen LogP) is 9.00. The lowest BCUT2D eigenvalue weighted by Gasteiger charge is -2.40. The molecule has 13 nitrogen and oxygen atoms in total. The Balaban J connectivity index is 1.66. The number of hydrogen-bond donors (Lipinski definition) is 1. The summed E-state index contributed by atoms with van der Waals surface area (Å²) in [6, 6.07) is 5.26. The summed E-state index contributed by atoms with van der Waals surface area (Å²) in [6.45, 7) is 21.4. The minimum absolute atomic E-state index is 0.0181. The summed E-state index contributed by atoms with van der Waals surface area (Å²) in [5.41, 5.74) is 1.61. The van der Waals surface area contributed by atoms with E-state index >= 15 is 0 Å². The maximum absolute atomic E-state index is 12.9. The highest BCUT2D eigenvalue weighted by Crippen LogP contribution is 2.40. The van der Waals surface area contributed by atoms with Gasteiger partial charge in [0.2, 0.25) is 0 Å². The van der Waals surface area contributed by atoms with Crippen LogP contribution in [0.4, 0.5) is 15.4 Å². The predicted molar refractivity (Wildman–Crippen MR) is 210 cm³/mol. The Hall–Kier alpha value is -3.59. The van der Waals surface area contributed by atoms with Gasteiger partial charge < -0.3 is 38.3 Å². The summed E-state index contributed by atoms with van der Waals surface area (Å²) in [7, 11) is 0.803. The van der Waals surface area contributed by atoms with Crippen LogP contribution in [0.3, 0.4) is 0 Å². The minimum Gasteiger partial charge on any atom is -0.491 e. The van der Waals surface area contributed by atoms with E-state index < -0.39 is 26.1 Å². The van der Waals surface area contributed by atoms with Crippen molar-refractivity contribution in [2.45, 2.75) is 104 Å². The number of aromatic nitrogens is 3. The van der Waals surface area contributed by atoms with Gasteiger partial charge in [0.15, 0.2) is 14.1 Å². The van der Waals surface area contributed by atoms with E-state index in [1.165, 1.54) is 12.0 Å². The number of rotatable bonds is 11. The third-order valence-electron chi connectivity index (χ3n) is 9.45. The molecule has 2 aromatic heterocycles. The first kappa shape index (κ1) is 42.2. The maximum Gasteiger partial charge on any atom is 0.410 e. The monoisotopic (exact) mass is 792 g/mol. The molecule has 1 saturated heterocycles. The lowest BCUT2D eigenvalue weighted by atomic mass is 10.0. The highest BCUT2D eigenvalue weighted by atomic mass is 35.5. The van der Waals surface area contributed by atoms with Gasteiger partial charge in [-0.05, 0) is 83.8 Å². The van der Waals surface area contributed by atoms with Crippen molar-refractivity contribution in [3.63, 3.8) is 0 Å². The Morgan fingerprint density at radius 3 is 2.32 bits per heavy atom. The molecule has 0 bridgehead atoms. The van der Waals surface area contributed by atoms with Crippen molar-refractivity contribution in [2.24, 2.45) is 0 Å². The zero-order valence-electron chi connectivity index (χ0n) is 33.0. The molecule has 16 heteroatoms. The number of likely N-dealkylation sites (N-methyl/N-ethyl adjacent to an activating group) is 1. The molecule has 1 N–H and O–H groups in total.